The Morgan fingerprint density at radius 2 is 1.32 bits per heavy atom. The van der Waals surface area contributed by atoms with Gasteiger partial charge in [0, 0.05) is 56.2 Å². The zero-order chi connectivity index (χ0) is 23.5. The van der Waals surface area contributed by atoms with Crippen molar-refractivity contribution >= 4 is 11.9 Å². The molecular weight excluding hydrogens is 416 g/mol. The number of para-hydroxylation sites is 1. The fourth-order valence-corrected chi connectivity index (χ4v) is 5.47. The number of fused-ring (bicyclic) bond motifs is 1. The molecule has 0 N–H and O–H groups in total. The van der Waals surface area contributed by atoms with E-state index in [2.05, 4.69) is 127 Å². The molecule has 5 rings (SSSR count). The summed E-state index contributed by atoms with van der Waals surface area (Å²) < 4.78 is 0. The number of hydrogen-bond acceptors (Lipinski definition) is 4. The van der Waals surface area contributed by atoms with Gasteiger partial charge in [-0.15, -0.1) is 0 Å². The van der Waals surface area contributed by atoms with Crippen LogP contribution in [-0.4, -0.2) is 49.4 Å². The van der Waals surface area contributed by atoms with Gasteiger partial charge in [0.05, 0.1) is 6.04 Å². The molecule has 0 amide bonds. The SMILES string of the molecule is CN1C(=CC=NN2CCN(C(c3ccccc3)c3ccccc3)CC2)C(C)(C)c2ccccc21. The van der Waals surface area contributed by atoms with Crippen molar-refractivity contribution in [1.29, 1.82) is 0 Å². The van der Waals surface area contributed by atoms with Gasteiger partial charge >= 0.3 is 0 Å². The van der Waals surface area contributed by atoms with Gasteiger partial charge in [-0.25, -0.2) is 0 Å². The lowest BCUT2D eigenvalue weighted by Crippen LogP contribution is -2.45. The molecule has 0 unspecified atom stereocenters. The molecule has 1 fully saturated rings. The van der Waals surface area contributed by atoms with Crippen molar-refractivity contribution in [2.24, 2.45) is 5.10 Å². The van der Waals surface area contributed by atoms with Gasteiger partial charge in [0.25, 0.3) is 0 Å². The minimum atomic E-state index is -0.0192. The maximum atomic E-state index is 4.83. The number of allylic oxidation sites excluding steroid dienone is 2. The van der Waals surface area contributed by atoms with Crippen LogP contribution in [-0.2, 0) is 5.41 Å². The van der Waals surface area contributed by atoms with Gasteiger partial charge in [-0.05, 0) is 28.8 Å². The van der Waals surface area contributed by atoms with Crippen molar-refractivity contribution < 1.29 is 0 Å². The number of benzene rings is 3. The lowest BCUT2D eigenvalue weighted by Gasteiger charge is -2.38. The molecule has 174 valence electrons. The summed E-state index contributed by atoms with van der Waals surface area (Å²) >= 11 is 0. The molecule has 0 atom stereocenters. The average molecular weight is 451 g/mol. The number of anilines is 1. The molecule has 4 heteroatoms. The van der Waals surface area contributed by atoms with E-state index >= 15 is 0 Å². The van der Waals surface area contributed by atoms with Crippen molar-refractivity contribution in [2.75, 3.05) is 38.1 Å². The molecule has 2 heterocycles. The first-order chi connectivity index (χ1) is 16.6. The summed E-state index contributed by atoms with van der Waals surface area (Å²) in [6.07, 6.45) is 4.17. The molecule has 0 bridgehead atoms. The Balaban J connectivity index is 1.27. The topological polar surface area (TPSA) is 22.1 Å². The van der Waals surface area contributed by atoms with E-state index < -0.39 is 0 Å². The van der Waals surface area contributed by atoms with Crippen molar-refractivity contribution in [2.45, 2.75) is 25.3 Å². The highest BCUT2D eigenvalue weighted by molar-refractivity contribution is 5.79. The van der Waals surface area contributed by atoms with Crippen molar-refractivity contribution in [3.05, 3.63) is 113 Å². The fraction of sp³-hybridized carbons (Fsp3) is 0.300. The molecule has 4 nitrogen and oxygen atoms in total. The van der Waals surface area contributed by atoms with Gasteiger partial charge in [0.2, 0.25) is 0 Å². The van der Waals surface area contributed by atoms with Crippen molar-refractivity contribution in [3.8, 4) is 0 Å². The smallest absolute Gasteiger partial charge is 0.0603 e. The number of rotatable bonds is 5. The van der Waals surface area contributed by atoms with E-state index in [1.807, 2.05) is 6.21 Å². The summed E-state index contributed by atoms with van der Waals surface area (Å²) in [5.41, 5.74) is 6.62. The number of nitrogens with zero attached hydrogens (tertiary/aromatic N) is 4. The van der Waals surface area contributed by atoms with E-state index in [0.29, 0.717) is 0 Å². The summed E-state index contributed by atoms with van der Waals surface area (Å²) in [6, 6.07) is 30.7. The molecule has 2 aliphatic rings. The Morgan fingerprint density at radius 3 is 1.91 bits per heavy atom. The Hall–Kier alpha value is -3.37. The molecule has 34 heavy (non-hydrogen) atoms. The fourth-order valence-electron chi connectivity index (χ4n) is 5.47. The van der Waals surface area contributed by atoms with Crippen LogP contribution < -0.4 is 4.90 Å². The summed E-state index contributed by atoms with van der Waals surface area (Å²) in [5, 5.41) is 7.03. The van der Waals surface area contributed by atoms with Crippen LogP contribution in [0.2, 0.25) is 0 Å². The molecule has 0 aliphatic carbocycles. The number of likely N-dealkylation sites (N-methyl/N-ethyl adjacent to an activating group) is 1. The van der Waals surface area contributed by atoms with Crippen molar-refractivity contribution in [3.63, 3.8) is 0 Å². The molecule has 3 aromatic rings. The minimum absolute atomic E-state index is 0.0192. The summed E-state index contributed by atoms with van der Waals surface area (Å²) in [6.45, 7) is 8.41. The van der Waals surface area contributed by atoms with E-state index in [1.165, 1.54) is 28.1 Å². The van der Waals surface area contributed by atoms with Crippen molar-refractivity contribution in [1.82, 2.24) is 9.91 Å². The Labute approximate surface area is 203 Å². The second-order valence-corrected chi connectivity index (χ2v) is 9.73. The summed E-state index contributed by atoms with van der Waals surface area (Å²) in [5.74, 6) is 0. The highest BCUT2D eigenvalue weighted by Crippen LogP contribution is 2.46. The molecule has 0 radical (unpaired) electrons. The highest BCUT2D eigenvalue weighted by Gasteiger charge is 2.37. The number of hydrazone groups is 1. The largest absolute Gasteiger partial charge is 0.347 e. The lowest BCUT2D eigenvalue weighted by molar-refractivity contribution is 0.113. The van der Waals surface area contributed by atoms with Crippen LogP contribution in [0, 0.1) is 0 Å². The predicted molar refractivity (Wildman–Crippen MR) is 142 cm³/mol. The first-order valence-electron chi connectivity index (χ1n) is 12.2. The first kappa shape index (κ1) is 22.4. The monoisotopic (exact) mass is 450 g/mol. The molecule has 2 aliphatic heterocycles. The van der Waals surface area contributed by atoms with Gasteiger partial charge in [-0.1, -0.05) is 92.7 Å². The van der Waals surface area contributed by atoms with Gasteiger partial charge in [-0.3, -0.25) is 9.91 Å². The Kier molecular flexibility index (Phi) is 6.25. The van der Waals surface area contributed by atoms with E-state index in [1.54, 1.807) is 0 Å². The normalized spacial score (nSPS) is 19.4. The number of piperazine rings is 1. The van der Waals surface area contributed by atoms with Crippen LogP contribution in [0.1, 0.15) is 36.6 Å². The molecule has 1 saturated heterocycles. The third kappa shape index (κ3) is 4.26. The first-order valence-corrected chi connectivity index (χ1v) is 12.2. The number of hydrogen-bond donors (Lipinski definition) is 0. The summed E-state index contributed by atoms with van der Waals surface area (Å²) in [7, 11) is 2.15. The Morgan fingerprint density at radius 1 is 0.765 bits per heavy atom. The van der Waals surface area contributed by atoms with Crippen LogP contribution in [0.5, 0.6) is 0 Å². The van der Waals surface area contributed by atoms with E-state index in [0.717, 1.165) is 26.2 Å². The maximum Gasteiger partial charge on any atom is 0.0603 e. The molecule has 0 spiro atoms. The van der Waals surface area contributed by atoms with E-state index in [4.69, 9.17) is 5.10 Å². The van der Waals surface area contributed by atoms with E-state index in [-0.39, 0.29) is 11.5 Å². The van der Waals surface area contributed by atoms with Gasteiger partial charge < -0.3 is 4.90 Å². The quantitative estimate of drug-likeness (QED) is 0.466. The van der Waals surface area contributed by atoms with Crippen LogP contribution in [0.3, 0.4) is 0 Å². The van der Waals surface area contributed by atoms with E-state index in [9.17, 15) is 0 Å². The second-order valence-electron chi connectivity index (χ2n) is 9.73. The maximum absolute atomic E-state index is 4.83. The predicted octanol–water partition coefficient (Wildman–Crippen LogP) is 5.69. The third-order valence-electron chi connectivity index (χ3n) is 7.29. The molecule has 3 aromatic carbocycles. The average Bonchev–Trinajstić information content (AvgIpc) is 3.07. The van der Waals surface area contributed by atoms with Crippen LogP contribution in [0.25, 0.3) is 0 Å². The van der Waals surface area contributed by atoms with Gasteiger partial charge in [0.1, 0.15) is 0 Å². The Bertz CT molecular complexity index is 1120. The van der Waals surface area contributed by atoms with Gasteiger partial charge in [-0.2, -0.15) is 5.10 Å². The van der Waals surface area contributed by atoms with Crippen LogP contribution >= 0.6 is 0 Å². The highest BCUT2D eigenvalue weighted by atomic mass is 15.5. The zero-order valence-corrected chi connectivity index (χ0v) is 20.4. The standard InChI is InChI=1S/C30H34N4/c1-30(2)26-16-10-11-17-27(26)32(3)28(30)18-19-31-34-22-20-33(21-23-34)29(24-12-6-4-7-13-24)25-14-8-5-9-15-25/h4-19,29H,20-23H2,1-3H3. The van der Waals surface area contributed by atoms with Crippen LogP contribution in [0.15, 0.2) is 102 Å². The minimum Gasteiger partial charge on any atom is -0.347 e. The summed E-state index contributed by atoms with van der Waals surface area (Å²) in [4.78, 5) is 4.88. The van der Waals surface area contributed by atoms with Gasteiger partial charge in [0.15, 0.2) is 0 Å². The molecule has 0 saturated carbocycles. The van der Waals surface area contributed by atoms with Crippen LogP contribution in [0.4, 0.5) is 5.69 Å². The molecule has 0 aromatic heterocycles. The molecular formula is C30H34N4. The second kappa shape index (κ2) is 9.47. The third-order valence-corrected chi connectivity index (χ3v) is 7.29. The zero-order valence-electron chi connectivity index (χ0n) is 20.4. The lowest BCUT2D eigenvalue weighted by atomic mass is 9.84.